The number of ether oxygens (including phenoxy) is 1. The van der Waals surface area contributed by atoms with Gasteiger partial charge >= 0.3 is 6.18 Å². The zero-order valence-corrected chi connectivity index (χ0v) is 20.0. The number of halogens is 3. The van der Waals surface area contributed by atoms with Crippen molar-refractivity contribution < 1.29 is 27.5 Å². The van der Waals surface area contributed by atoms with Crippen LogP contribution in [0.1, 0.15) is 27.9 Å². The van der Waals surface area contributed by atoms with E-state index in [9.17, 15) is 22.8 Å². The number of carbonyl (C=O) groups is 2. The molecule has 1 unspecified atom stereocenters. The van der Waals surface area contributed by atoms with E-state index < -0.39 is 17.5 Å². The first-order chi connectivity index (χ1) is 16.6. The number of likely N-dealkylation sites (tertiary alicyclic amines) is 1. The van der Waals surface area contributed by atoms with Crippen LogP contribution < -0.4 is 4.74 Å². The van der Waals surface area contributed by atoms with Crippen LogP contribution in [0.4, 0.5) is 13.2 Å². The maximum Gasteiger partial charge on any atom is 0.404 e. The Morgan fingerprint density at radius 3 is 2.26 bits per heavy atom. The number of benzene rings is 2. The van der Waals surface area contributed by atoms with Crippen LogP contribution in [0.2, 0.25) is 0 Å². The molecular weight excluding hydrogens is 459 g/mol. The van der Waals surface area contributed by atoms with E-state index in [0.29, 0.717) is 17.9 Å². The maximum absolute atomic E-state index is 14.3. The average molecular weight is 490 g/mol. The van der Waals surface area contributed by atoms with Gasteiger partial charge in [-0.05, 0) is 43.1 Å². The molecule has 0 N–H and O–H groups in total. The minimum absolute atomic E-state index is 0.0735. The fraction of sp³-hybridized carbons (Fsp3) is 0.462. The van der Waals surface area contributed by atoms with E-state index in [4.69, 9.17) is 4.74 Å². The molecule has 2 heterocycles. The third-order valence-corrected chi connectivity index (χ3v) is 7.06. The topological polar surface area (TPSA) is 53.1 Å². The van der Waals surface area contributed by atoms with Gasteiger partial charge in [-0.2, -0.15) is 13.2 Å². The van der Waals surface area contributed by atoms with Crippen LogP contribution in [-0.2, 0) is 11.3 Å². The summed E-state index contributed by atoms with van der Waals surface area (Å²) >= 11 is 0. The van der Waals surface area contributed by atoms with E-state index in [1.165, 1.54) is 12.0 Å². The summed E-state index contributed by atoms with van der Waals surface area (Å²) in [4.78, 5) is 30.8. The molecule has 0 aromatic heterocycles. The van der Waals surface area contributed by atoms with Crippen molar-refractivity contribution in [3.05, 3.63) is 65.2 Å². The van der Waals surface area contributed by atoms with Crippen molar-refractivity contribution in [3.63, 3.8) is 0 Å². The van der Waals surface area contributed by atoms with Gasteiger partial charge in [-0.25, -0.2) is 0 Å². The zero-order chi connectivity index (χ0) is 25.2. The smallest absolute Gasteiger partial charge is 0.404 e. The second-order valence-electron chi connectivity index (χ2n) is 9.29. The largest absolute Gasteiger partial charge is 0.496 e. The van der Waals surface area contributed by atoms with Crippen LogP contribution in [-0.4, -0.2) is 79.1 Å². The van der Waals surface area contributed by atoms with Crippen molar-refractivity contribution >= 4 is 11.8 Å². The molecule has 0 radical (unpaired) electrons. The summed E-state index contributed by atoms with van der Waals surface area (Å²) in [6.07, 6.45) is -4.91. The fourth-order valence-electron chi connectivity index (χ4n) is 4.94. The highest BCUT2D eigenvalue weighted by molar-refractivity contribution is 5.95. The lowest BCUT2D eigenvalue weighted by Gasteiger charge is -2.40. The lowest BCUT2D eigenvalue weighted by Crippen LogP contribution is -2.58. The SMILES string of the molecule is COc1cc(C(=O)N2CCN(C(=O)C3(C(F)(F)F)CCN(Cc4ccccc4)C3)CC2)ccc1C. The number of piperazine rings is 1. The summed E-state index contributed by atoms with van der Waals surface area (Å²) < 4.78 is 48.2. The first-order valence-corrected chi connectivity index (χ1v) is 11.7. The molecule has 2 aliphatic heterocycles. The van der Waals surface area contributed by atoms with Gasteiger partial charge in [-0.3, -0.25) is 14.5 Å². The van der Waals surface area contributed by atoms with E-state index in [-0.39, 0.29) is 51.6 Å². The summed E-state index contributed by atoms with van der Waals surface area (Å²) in [5.74, 6) is -0.515. The molecule has 2 aromatic rings. The van der Waals surface area contributed by atoms with Crippen LogP contribution in [0.5, 0.6) is 5.75 Å². The summed E-state index contributed by atoms with van der Waals surface area (Å²) in [5, 5.41) is 0. The van der Waals surface area contributed by atoms with Gasteiger partial charge in [0.2, 0.25) is 5.91 Å². The second kappa shape index (κ2) is 9.89. The molecule has 0 aliphatic carbocycles. The van der Waals surface area contributed by atoms with Gasteiger partial charge in [0, 0.05) is 44.8 Å². The Hall–Kier alpha value is -3.07. The molecule has 4 rings (SSSR count). The molecule has 6 nitrogen and oxygen atoms in total. The molecule has 2 fully saturated rings. The van der Waals surface area contributed by atoms with Gasteiger partial charge in [0.05, 0.1) is 7.11 Å². The van der Waals surface area contributed by atoms with Crippen LogP contribution in [0.3, 0.4) is 0 Å². The zero-order valence-electron chi connectivity index (χ0n) is 20.0. The third-order valence-electron chi connectivity index (χ3n) is 7.06. The van der Waals surface area contributed by atoms with Crippen molar-refractivity contribution in [3.8, 4) is 5.75 Å². The monoisotopic (exact) mass is 489 g/mol. The van der Waals surface area contributed by atoms with Gasteiger partial charge in [-0.15, -0.1) is 0 Å². The highest BCUT2D eigenvalue weighted by atomic mass is 19.4. The molecular formula is C26H30F3N3O3. The van der Waals surface area contributed by atoms with Gasteiger partial charge in [0.15, 0.2) is 5.41 Å². The van der Waals surface area contributed by atoms with Crippen molar-refractivity contribution in [2.75, 3.05) is 46.4 Å². The molecule has 0 bridgehead atoms. The normalized spacial score (nSPS) is 21.3. The lowest BCUT2D eigenvalue weighted by molar-refractivity contribution is -0.224. The van der Waals surface area contributed by atoms with Crippen molar-refractivity contribution in [2.45, 2.75) is 26.1 Å². The van der Waals surface area contributed by atoms with E-state index >= 15 is 0 Å². The van der Waals surface area contributed by atoms with Crippen LogP contribution in [0.25, 0.3) is 0 Å². The van der Waals surface area contributed by atoms with Crippen LogP contribution >= 0.6 is 0 Å². The van der Waals surface area contributed by atoms with E-state index in [2.05, 4.69) is 0 Å². The lowest BCUT2D eigenvalue weighted by atomic mass is 9.84. The number of rotatable bonds is 5. The molecule has 2 aliphatic rings. The molecule has 2 saturated heterocycles. The number of alkyl halides is 3. The number of amides is 2. The Kier molecular flexibility index (Phi) is 7.07. The molecule has 2 amide bonds. The fourth-order valence-corrected chi connectivity index (χ4v) is 4.94. The second-order valence-corrected chi connectivity index (χ2v) is 9.29. The van der Waals surface area contributed by atoms with Gasteiger partial charge in [-0.1, -0.05) is 36.4 Å². The average Bonchev–Trinajstić information content (AvgIpc) is 3.29. The highest BCUT2D eigenvalue weighted by Gasteiger charge is 2.64. The molecule has 188 valence electrons. The minimum atomic E-state index is -4.65. The minimum Gasteiger partial charge on any atom is -0.496 e. The molecule has 1 atom stereocenters. The summed E-state index contributed by atoms with van der Waals surface area (Å²) in [7, 11) is 1.53. The number of hydrogen-bond donors (Lipinski definition) is 0. The Morgan fingerprint density at radius 2 is 1.63 bits per heavy atom. The summed E-state index contributed by atoms with van der Waals surface area (Å²) in [6.45, 7) is 2.60. The Bertz CT molecular complexity index is 1070. The summed E-state index contributed by atoms with van der Waals surface area (Å²) in [6, 6.07) is 14.5. The number of carbonyl (C=O) groups excluding carboxylic acids is 2. The standard InChI is InChI=1S/C26H30F3N3O3/c1-19-8-9-21(16-22(19)35-2)23(33)31-12-14-32(15-13-31)24(34)25(26(27,28)29)10-11-30(18-25)17-20-6-4-3-5-7-20/h3-9,16H,10-15,17-18H2,1-2H3. The molecule has 0 spiro atoms. The van der Waals surface area contributed by atoms with E-state index in [1.807, 2.05) is 37.3 Å². The number of aryl methyl sites for hydroxylation is 1. The highest BCUT2D eigenvalue weighted by Crippen LogP contribution is 2.47. The van der Waals surface area contributed by atoms with E-state index in [0.717, 1.165) is 11.1 Å². The van der Waals surface area contributed by atoms with Crippen molar-refractivity contribution in [2.24, 2.45) is 5.41 Å². The Labute approximate surface area is 203 Å². The first kappa shape index (κ1) is 25.0. The van der Waals surface area contributed by atoms with Crippen LogP contribution in [0.15, 0.2) is 48.5 Å². The third kappa shape index (κ3) is 5.00. The first-order valence-electron chi connectivity index (χ1n) is 11.7. The molecule has 9 heteroatoms. The molecule has 35 heavy (non-hydrogen) atoms. The Balaban J connectivity index is 1.42. The van der Waals surface area contributed by atoms with Gasteiger partial charge in [0.25, 0.3) is 5.91 Å². The maximum atomic E-state index is 14.3. The quantitative estimate of drug-likeness (QED) is 0.642. The molecule has 0 saturated carbocycles. The van der Waals surface area contributed by atoms with Gasteiger partial charge < -0.3 is 14.5 Å². The molecule has 2 aromatic carbocycles. The number of nitrogens with zero attached hydrogens (tertiary/aromatic N) is 3. The van der Waals surface area contributed by atoms with Crippen molar-refractivity contribution in [1.29, 1.82) is 0 Å². The Morgan fingerprint density at radius 1 is 0.971 bits per heavy atom. The predicted octanol–water partition coefficient (Wildman–Crippen LogP) is 3.74. The van der Waals surface area contributed by atoms with E-state index in [1.54, 1.807) is 28.0 Å². The van der Waals surface area contributed by atoms with Crippen LogP contribution in [0, 0.1) is 12.3 Å². The predicted molar refractivity (Wildman–Crippen MR) is 125 cm³/mol. The number of methoxy groups -OCH3 is 1. The number of hydrogen-bond acceptors (Lipinski definition) is 4. The van der Waals surface area contributed by atoms with Gasteiger partial charge in [0.1, 0.15) is 5.75 Å². The van der Waals surface area contributed by atoms with Crippen molar-refractivity contribution in [1.82, 2.24) is 14.7 Å². The summed E-state index contributed by atoms with van der Waals surface area (Å²) in [5.41, 5.74) is -0.155.